The first-order valence-corrected chi connectivity index (χ1v) is 9.90. The van der Waals surface area contributed by atoms with Crippen LogP contribution in [0.5, 0.6) is 0 Å². The van der Waals surface area contributed by atoms with E-state index in [1.54, 1.807) is 0 Å². The second kappa shape index (κ2) is 6.35. The number of alkyl halides is 1. The number of halogens is 1. The van der Waals surface area contributed by atoms with E-state index in [1.807, 2.05) is 0 Å². The molecular formula is C11H23IO3Si. The summed E-state index contributed by atoms with van der Waals surface area (Å²) in [4.78, 5) is 11.6. The van der Waals surface area contributed by atoms with Crippen molar-refractivity contribution in [1.82, 2.24) is 0 Å². The highest BCUT2D eigenvalue weighted by Gasteiger charge is 2.40. The van der Waals surface area contributed by atoms with Gasteiger partial charge in [-0.15, -0.1) is 0 Å². The topological polar surface area (TPSA) is 35.5 Å². The lowest BCUT2D eigenvalue weighted by atomic mass is 10.2. The smallest absolute Gasteiger partial charge is 0.333 e. The summed E-state index contributed by atoms with van der Waals surface area (Å²) in [7, 11) is -0.474. The van der Waals surface area contributed by atoms with E-state index < -0.39 is 14.4 Å². The number of ether oxygens (including phenoxy) is 1. The van der Waals surface area contributed by atoms with Crippen LogP contribution in [0.25, 0.3) is 0 Å². The lowest BCUT2D eigenvalue weighted by Crippen LogP contribution is -2.46. The van der Waals surface area contributed by atoms with Gasteiger partial charge in [-0.1, -0.05) is 43.4 Å². The van der Waals surface area contributed by atoms with Crippen LogP contribution in [-0.4, -0.2) is 31.9 Å². The first-order chi connectivity index (χ1) is 7.15. The summed E-state index contributed by atoms with van der Waals surface area (Å²) in [6, 6.07) is 0. The van der Waals surface area contributed by atoms with E-state index in [4.69, 9.17) is 9.16 Å². The van der Waals surface area contributed by atoms with Gasteiger partial charge in [0, 0.05) is 4.43 Å². The van der Waals surface area contributed by atoms with Crippen molar-refractivity contribution in [3.63, 3.8) is 0 Å². The summed E-state index contributed by atoms with van der Waals surface area (Å²) in [5.74, 6) is -0.249. The molecule has 16 heavy (non-hydrogen) atoms. The van der Waals surface area contributed by atoms with Crippen LogP contribution in [0.15, 0.2) is 0 Å². The predicted molar refractivity (Wildman–Crippen MR) is 77.6 cm³/mol. The molecule has 0 aliphatic heterocycles. The normalized spacial score (nSPS) is 14.7. The molecule has 0 radical (unpaired) electrons. The van der Waals surface area contributed by atoms with Gasteiger partial charge in [0.15, 0.2) is 8.32 Å². The molecule has 0 spiro atoms. The summed E-state index contributed by atoms with van der Waals surface area (Å²) in [6.07, 6.45) is 0.322. The van der Waals surface area contributed by atoms with E-state index in [2.05, 4.69) is 56.5 Å². The fraction of sp³-hybridized carbons (Fsp3) is 0.909. The van der Waals surface area contributed by atoms with Gasteiger partial charge < -0.3 is 9.16 Å². The zero-order chi connectivity index (χ0) is 13.0. The maximum absolute atomic E-state index is 11.6. The van der Waals surface area contributed by atoms with Crippen molar-refractivity contribution < 1.29 is 14.0 Å². The molecule has 0 bridgehead atoms. The van der Waals surface area contributed by atoms with Crippen LogP contribution in [0.1, 0.15) is 27.2 Å². The van der Waals surface area contributed by atoms with Crippen molar-refractivity contribution in [2.45, 2.75) is 51.4 Å². The molecule has 96 valence electrons. The monoisotopic (exact) mass is 358 g/mol. The molecular weight excluding hydrogens is 335 g/mol. The number of rotatable bonds is 5. The van der Waals surface area contributed by atoms with E-state index in [1.165, 1.54) is 7.11 Å². The van der Waals surface area contributed by atoms with Crippen LogP contribution in [0.4, 0.5) is 0 Å². The van der Waals surface area contributed by atoms with Crippen LogP contribution in [0.2, 0.25) is 18.1 Å². The van der Waals surface area contributed by atoms with Gasteiger partial charge in [0.05, 0.1) is 7.11 Å². The molecule has 0 aromatic carbocycles. The molecule has 1 unspecified atom stereocenters. The number of carbonyl (C=O) groups excluding carboxylic acids is 1. The van der Waals surface area contributed by atoms with Gasteiger partial charge in [-0.2, -0.15) is 0 Å². The average molecular weight is 358 g/mol. The molecule has 1 atom stereocenters. The maximum Gasteiger partial charge on any atom is 0.333 e. The van der Waals surface area contributed by atoms with Crippen molar-refractivity contribution in [3.05, 3.63) is 0 Å². The largest absolute Gasteiger partial charge is 0.467 e. The highest BCUT2D eigenvalue weighted by Crippen LogP contribution is 2.37. The quantitative estimate of drug-likeness (QED) is 0.327. The maximum atomic E-state index is 11.6. The number of methoxy groups -OCH3 is 1. The molecule has 3 nitrogen and oxygen atoms in total. The lowest BCUT2D eigenvalue weighted by molar-refractivity contribution is -0.149. The minimum absolute atomic E-state index is 0.116. The molecule has 0 fully saturated rings. The van der Waals surface area contributed by atoms with Crippen LogP contribution in [0, 0.1) is 0 Å². The SMILES string of the molecule is COC(=O)C(CCI)O[Si](C)(C)C(C)(C)C. The summed E-state index contributed by atoms with van der Waals surface area (Å²) >= 11 is 2.25. The van der Waals surface area contributed by atoms with Gasteiger partial charge >= 0.3 is 5.97 Å². The van der Waals surface area contributed by atoms with Crippen molar-refractivity contribution >= 4 is 36.9 Å². The van der Waals surface area contributed by atoms with Gasteiger partial charge in [-0.3, -0.25) is 0 Å². The first kappa shape index (κ1) is 16.4. The Balaban J connectivity index is 4.68. The molecule has 0 saturated heterocycles. The van der Waals surface area contributed by atoms with E-state index in [0.717, 1.165) is 10.8 Å². The van der Waals surface area contributed by atoms with Gasteiger partial charge in [-0.05, 0) is 24.6 Å². The third-order valence-corrected chi connectivity index (χ3v) is 8.19. The van der Waals surface area contributed by atoms with Gasteiger partial charge in [-0.25, -0.2) is 4.79 Å². The minimum atomic E-state index is -1.89. The van der Waals surface area contributed by atoms with Crippen LogP contribution in [-0.2, 0) is 14.0 Å². The fourth-order valence-electron chi connectivity index (χ4n) is 0.988. The molecule has 0 aromatic rings. The zero-order valence-corrected chi connectivity index (χ0v) is 14.3. The Kier molecular flexibility index (Phi) is 6.50. The second-order valence-corrected chi connectivity index (χ2v) is 11.2. The predicted octanol–water partition coefficient (Wildman–Crippen LogP) is 3.37. The number of carbonyl (C=O) groups is 1. The van der Waals surface area contributed by atoms with Gasteiger partial charge in [0.25, 0.3) is 0 Å². The van der Waals surface area contributed by atoms with Gasteiger partial charge in [0.2, 0.25) is 0 Å². The first-order valence-electron chi connectivity index (χ1n) is 5.47. The zero-order valence-electron chi connectivity index (χ0n) is 11.1. The number of hydrogen-bond donors (Lipinski definition) is 0. The fourth-order valence-corrected chi connectivity index (χ4v) is 2.83. The van der Waals surface area contributed by atoms with Crippen molar-refractivity contribution in [2.24, 2.45) is 0 Å². The summed E-state index contributed by atoms with van der Waals surface area (Å²) < 4.78 is 11.7. The Hall–Kier alpha value is 0.377. The molecule has 5 heteroatoms. The molecule has 0 aromatic heterocycles. The molecule has 0 aliphatic carbocycles. The Morgan fingerprint density at radius 2 is 1.88 bits per heavy atom. The summed E-state index contributed by atoms with van der Waals surface area (Å²) in [6.45, 7) is 10.8. The van der Waals surface area contributed by atoms with Crippen LogP contribution in [0.3, 0.4) is 0 Å². The molecule has 0 saturated carbocycles. The molecule has 0 aliphatic rings. The number of esters is 1. The van der Waals surface area contributed by atoms with E-state index >= 15 is 0 Å². The second-order valence-electron chi connectivity index (χ2n) is 5.37. The van der Waals surface area contributed by atoms with Crippen molar-refractivity contribution in [1.29, 1.82) is 0 Å². The summed E-state index contributed by atoms with van der Waals surface area (Å²) in [5.41, 5.74) is 0. The Bertz CT molecular complexity index is 236. The molecule has 0 heterocycles. The minimum Gasteiger partial charge on any atom is -0.467 e. The third-order valence-electron chi connectivity index (χ3n) is 3.08. The highest BCUT2D eigenvalue weighted by molar-refractivity contribution is 14.1. The van der Waals surface area contributed by atoms with E-state index in [-0.39, 0.29) is 11.0 Å². The highest BCUT2D eigenvalue weighted by atomic mass is 127. The standard InChI is InChI=1S/C11H23IO3Si/c1-11(2,3)16(5,6)15-9(7-8-12)10(13)14-4/h9H,7-8H2,1-6H3. The average Bonchev–Trinajstić information content (AvgIpc) is 2.14. The molecule has 0 rings (SSSR count). The Morgan fingerprint density at radius 1 is 1.38 bits per heavy atom. The molecule has 0 N–H and O–H groups in total. The van der Waals surface area contributed by atoms with Crippen molar-refractivity contribution in [2.75, 3.05) is 11.5 Å². The number of hydrogen-bond acceptors (Lipinski definition) is 3. The van der Waals surface area contributed by atoms with Crippen LogP contribution < -0.4 is 0 Å². The third kappa shape index (κ3) is 4.71. The van der Waals surface area contributed by atoms with E-state index in [9.17, 15) is 4.79 Å². The summed E-state index contributed by atoms with van der Waals surface area (Å²) in [5, 5.41) is 0.116. The van der Waals surface area contributed by atoms with Gasteiger partial charge in [0.1, 0.15) is 6.10 Å². The molecule has 0 amide bonds. The Morgan fingerprint density at radius 3 is 2.19 bits per heavy atom. The van der Waals surface area contributed by atoms with E-state index in [0.29, 0.717) is 0 Å². The van der Waals surface area contributed by atoms with Crippen LogP contribution >= 0.6 is 22.6 Å². The lowest BCUT2D eigenvalue weighted by Gasteiger charge is -2.38. The Labute approximate surface area is 114 Å². The van der Waals surface area contributed by atoms with Crippen molar-refractivity contribution in [3.8, 4) is 0 Å².